The lowest BCUT2D eigenvalue weighted by molar-refractivity contribution is 0.176. The van der Waals surface area contributed by atoms with E-state index in [2.05, 4.69) is 15.6 Å². The fourth-order valence-electron chi connectivity index (χ4n) is 6.04. The molecule has 1 atom stereocenters. The maximum atomic E-state index is 12.7. The van der Waals surface area contributed by atoms with Crippen molar-refractivity contribution in [3.63, 3.8) is 0 Å². The first-order valence-electron chi connectivity index (χ1n) is 15.8. The Balaban J connectivity index is 1.02. The number of aliphatic hydroxyl groups is 1. The summed E-state index contributed by atoms with van der Waals surface area (Å²) in [7, 11) is 0. The number of nitrogens with one attached hydrogen (secondary N) is 3. The molecule has 246 valence electrons. The van der Waals surface area contributed by atoms with Crippen molar-refractivity contribution in [3.05, 3.63) is 129 Å². The average molecular weight is 649 g/mol. The molecule has 0 aliphatic heterocycles. The smallest absolute Gasteiger partial charge is 0.419 e. The maximum Gasteiger partial charge on any atom is 0.419 e. The van der Waals surface area contributed by atoms with E-state index in [1.165, 1.54) is 12.1 Å². The number of aromatic nitrogens is 2. The number of aryl methyl sites for hydroxylation is 2. The number of unbranched alkanes of at least 4 members (excludes halogenated alkanes) is 1. The predicted molar refractivity (Wildman–Crippen MR) is 185 cm³/mol. The summed E-state index contributed by atoms with van der Waals surface area (Å²) in [6.45, 7) is 1.32. The number of benzene rings is 4. The number of fused-ring (bicyclic) bond motifs is 2. The van der Waals surface area contributed by atoms with Crippen LogP contribution in [0.3, 0.4) is 0 Å². The summed E-state index contributed by atoms with van der Waals surface area (Å²) in [5.41, 5.74) is 6.05. The topological polar surface area (TPSA) is 170 Å². The Bertz CT molecular complexity index is 2190. The molecule has 0 saturated heterocycles. The minimum Gasteiger partial charge on any atom is -0.506 e. The maximum absolute atomic E-state index is 12.7. The van der Waals surface area contributed by atoms with Gasteiger partial charge in [0, 0.05) is 30.1 Å². The molecule has 6 aromatic rings. The molecule has 11 heteroatoms. The highest BCUT2D eigenvalue weighted by atomic mass is 16.4. The molecule has 1 amide bonds. The molecule has 1 unspecified atom stereocenters. The lowest BCUT2D eigenvalue weighted by atomic mass is 9.99. The zero-order valence-corrected chi connectivity index (χ0v) is 26.1. The van der Waals surface area contributed by atoms with Gasteiger partial charge in [0.15, 0.2) is 5.58 Å². The van der Waals surface area contributed by atoms with Crippen molar-refractivity contribution in [3.8, 4) is 16.9 Å². The van der Waals surface area contributed by atoms with Gasteiger partial charge in [-0.2, -0.15) is 0 Å². The molecule has 0 aliphatic carbocycles. The van der Waals surface area contributed by atoms with Gasteiger partial charge >= 0.3 is 11.8 Å². The highest BCUT2D eigenvalue weighted by Gasteiger charge is 2.15. The normalized spacial score (nSPS) is 12.0. The Kier molecular flexibility index (Phi) is 9.70. The number of aromatic hydroxyl groups is 1. The number of pyridine rings is 1. The van der Waals surface area contributed by atoms with Crippen molar-refractivity contribution in [1.82, 2.24) is 14.9 Å². The molecule has 0 saturated carbocycles. The molecule has 2 aromatic heterocycles. The first-order chi connectivity index (χ1) is 23.3. The Labute approximate surface area is 275 Å². The molecular formula is C37H36N4O7. The molecule has 11 nitrogen and oxygen atoms in total. The van der Waals surface area contributed by atoms with Crippen molar-refractivity contribution in [2.75, 3.05) is 18.4 Å². The fraction of sp³-hybridized carbons (Fsp3) is 0.216. The van der Waals surface area contributed by atoms with E-state index in [0.29, 0.717) is 47.2 Å². The molecule has 0 radical (unpaired) electrons. The zero-order valence-electron chi connectivity index (χ0n) is 26.1. The Morgan fingerprint density at radius 3 is 2.50 bits per heavy atom. The number of phenols is 1. The largest absolute Gasteiger partial charge is 0.506 e. The Morgan fingerprint density at radius 1 is 0.896 bits per heavy atom. The molecular weight excluding hydrogens is 612 g/mol. The highest BCUT2D eigenvalue weighted by molar-refractivity contribution is 5.91. The summed E-state index contributed by atoms with van der Waals surface area (Å²) < 4.78 is 7.20. The monoisotopic (exact) mass is 648 g/mol. The fourth-order valence-corrected chi connectivity index (χ4v) is 6.04. The van der Waals surface area contributed by atoms with E-state index in [-0.39, 0.29) is 17.9 Å². The molecule has 0 bridgehead atoms. The van der Waals surface area contributed by atoms with E-state index in [1.807, 2.05) is 66.7 Å². The second kappa shape index (κ2) is 14.4. The second-order valence-corrected chi connectivity index (χ2v) is 11.7. The summed E-state index contributed by atoms with van der Waals surface area (Å²) in [6, 6.07) is 27.2. The SMILES string of the molecule is O=C(O)Nc1cc(CCCCn2c(=O)oc3cc(CCNCC(O)c4ccc(O)c5[nH]c(=O)ccc45)ccc32)ccc1-c1ccccc1. The number of H-pyrrole nitrogens is 1. The van der Waals surface area contributed by atoms with Crippen LogP contribution in [-0.4, -0.2) is 44.1 Å². The number of aliphatic hydroxyl groups excluding tert-OH is 1. The molecule has 0 aliphatic rings. The Morgan fingerprint density at radius 2 is 1.69 bits per heavy atom. The van der Waals surface area contributed by atoms with Crippen molar-refractivity contribution >= 4 is 33.8 Å². The lowest BCUT2D eigenvalue weighted by Crippen LogP contribution is -2.24. The van der Waals surface area contributed by atoms with E-state index < -0.39 is 18.0 Å². The van der Waals surface area contributed by atoms with Crippen LogP contribution in [0.15, 0.2) is 105 Å². The third kappa shape index (κ3) is 7.33. The molecule has 0 fully saturated rings. The molecule has 0 spiro atoms. The predicted octanol–water partition coefficient (Wildman–Crippen LogP) is 5.79. The van der Waals surface area contributed by atoms with Crippen LogP contribution in [0.1, 0.15) is 35.6 Å². The quantitative estimate of drug-likeness (QED) is 0.0856. The number of carbonyl (C=O) groups is 1. The van der Waals surface area contributed by atoms with E-state index in [1.54, 1.807) is 16.7 Å². The van der Waals surface area contributed by atoms with Gasteiger partial charge in [-0.05, 0) is 84.8 Å². The van der Waals surface area contributed by atoms with Crippen LogP contribution in [-0.2, 0) is 19.4 Å². The van der Waals surface area contributed by atoms with Gasteiger partial charge in [0.1, 0.15) is 5.75 Å². The van der Waals surface area contributed by atoms with Crippen LogP contribution in [0, 0.1) is 0 Å². The Hall–Kier alpha value is -5.65. The average Bonchev–Trinajstić information content (AvgIpc) is 3.39. The van der Waals surface area contributed by atoms with Gasteiger partial charge in [-0.3, -0.25) is 14.7 Å². The minimum atomic E-state index is -1.12. The number of aromatic amines is 1. The molecule has 6 rings (SSSR count). The van der Waals surface area contributed by atoms with Crippen LogP contribution in [0.2, 0.25) is 0 Å². The second-order valence-electron chi connectivity index (χ2n) is 11.7. The van der Waals surface area contributed by atoms with E-state index in [0.717, 1.165) is 47.0 Å². The van der Waals surface area contributed by atoms with Crippen LogP contribution in [0.4, 0.5) is 10.5 Å². The van der Waals surface area contributed by atoms with Crippen molar-refractivity contribution < 1.29 is 24.5 Å². The van der Waals surface area contributed by atoms with Gasteiger partial charge in [0.25, 0.3) is 0 Å². The number of carboxylic acid groups (broad SMARTS) is 1. The van der Waals surface area contributed by atoms with Gasteiger partial charge in [-0.15, -0.1) is 0 Å². The summed E-state index contributed by atoms with van der Waals surface area (Å²) in [6.07, 6.45) is 0.922. The highest BCUT2D eigenvalue weighted by Crippen LogP contribution is 2.30. The zero-order chi connectivity index (χ0) is 33.6. The third-order valence-corrected chi connectivity index (χ3v) is 8.43. The number of hydrogen-bond donors (Lipinski definition) is 6. The first-order valence-corrected chi connectivity index (χ1v) is 15.8. The van der Waals surface area contributed by atoms with Gasteiger partial charge < -0.3 is 30.0 Å². The number of hydrogen-bond acceptors (Lipinski definition) is 7. The molecule has 6 N–H and O–H groups in total. The summed E-state index contributed by atoms with van der Waals surface area (Å²) >= 11 is 0. The molecule has 4 aromatic carbocycles. The van der Waals surface area contributed by atoms with Crippen LogP contribution >= 0.6 is 0 Å². The van der Waals surface area contributed by atoms with Gasteiger partial charge in [0.2, 0.25) is 5.56 Å². The number of nitrogens with zero attached hydrogens (tertiary/aromatic N) is 1. The number of anilines is 1. The van der Waals surface area contributed by atoms with Gasteiger partial charge in [-0.1, -0.05) is 54.6 Å². The number of phenolic OH excluding ortho intramolecular Hbond substituents is 1. The summed E-state index contributed by atoms with van der Waals surface area (Å²) in [4.78, 5) is 38.4. The van der Waals surface area contributed by atoms with E-state index in [4.69, 9.17) is 4.42 Å². The summed E-state index contributed by atoms with van der Waals surface area (Å²) in [5, 5.41) is 36.6. The lowest BCUT2D eigenvalue weighted by Gasteiger charge is -2.15. The first kappa shape index (κ1) is 32.3. The van der Waals surface area contributed by atoms with E-state index in [9.17, 15) is 29.7 Å². The minimum absolute atomic E-state index is 0.0571. The van der Waals surface area contributed by atoms with Crippen molar-refractivity contribution in [2.24, 2.45) is 0 Å². The summed E-state index contributed by atoms with van der Waals surface area (Å²) in [5.74, 6) is -0.468. The van der Waals surface area contributed by atoms with Crippen LogP contribution < -0.4 is 21.9 Å². The standard InChI is InChI=1S/C37H36N4O7/c42-31-15-12-27(28-13-16-34(44)40-35(28)31)32(43)22-38-18-17-24-10-14-30-33(21-24)48-37(47)41(30)19-5-4-6-23-9-11-26(25-7-2-1-3-8-25)29(20-23)39-36(45)46/h1-3,7-16,20-21,32,38-39,42-43H,4-6,17-19,22H2,(H,40,44)(H,45,46). The molecule has 48 heavy (non-hydrogen) atoms. The third-order valence-electron chi connectivity index (χ3n) is 8.43. The van der Waals surface area contributed by atoms with E-state index >= 15 is 0 Å². The van der Waals surface area contributed by atoms with Crippen LogP contribution in [0.25, 0.3) is 33.1 Å². The van der Waals surface area contributed by atoms with Gasteiger partial charge in [-0.25, -0.2) is 9.59 Å². The molecule has 2 heterocycles. The number of oxazole rings is 1. The number of rotatable bonds is 13. The van der Waals surface area contributed by atoms with Crippen molar-refractivity contribution in [1.29, 1.82) is 0 Å². The van der Waals surface area contributed by atoms with Gasteiger partial charge in [0.05, 0.1) is 22.8 Å². The van der Waals surface area contributed by atoms with Crippen molar-refractivity contribution in [2.45, 2.75) is 38.3 Å². The number of amides is 1. The van der Waals surface area contributed by atoms with Crippen LogP contribution in [0.5, 0.6) is 5.75 Å².